The van der Waals surface area contributed by atoms with Crippen LogP contribution in [-0.2, 0) is 16.1 Å². The molecule has 1 saturated heterocycles. The monoisotopic (exact) mass is 507 g/mol. The van der Waals surface area contributed by atoms with Gasteiger partial charge in [-0.1, -0.05) is 0 Å². The van der Waals surface area contributed by atoms with Crippen LogP contribution in [-0.4, -0.2) is 74.5 Å². The highest BCUT2D eigenvalue weighted by Gasteiger charge is 2.51. The van der Waals surface area contributed by atoms with Crippen LogP contribution in [0.3, 0.4) is 0 Å². The molecule has 2 aliphatic heterocycles. The standard InChI is InChI=1S/C24H25N7O6/c1-35-18-6-2-13-3-7-19(32)30(21(13)28-18)9-8-26-14-4-5-15-16(10-14)37-24(34)31(15)23-22(33)29-20-17(36-23)11-25-12-27-20/h2-3,6-7,11-12,14-16,23,26H,4-5,8-10H2,1H3,(H,25,27,29,33)/t14-,15-,16+,23?/m0/s1. The van der Waals surface area contributed by atoms with E-state index in [1.54, 1.807) is 16.7 Å². The molecule has 13 nitrogen and oxygen atoms in total. The fraction of sp³-hybridized carbons (Fsp3) is 0.417. The summed E-state index contributed by atoms with van der Waals surface area (Å²) in [6, 6.07) is 6.70. The zero-order chi connectivity index (χ0) is 25.5. The van der Waals surface area contributed by atoms with Crippen LogP contribution < -0.4 is 25.7 Å². The number of pyridine rings is 2. The second-order valence-corrected chi connectivity index (χ2v) is 9.15. The summed E-state index contributed by atoms with van der Waals surface area (Å²) in [4.78, 5) is 51.7. The van der Waals surface area contributed by atoms with E-state index >= 15 is 0 Å². The third-order valence-corrected chi connectivity index (χ3v) is 7.00. The van der Waals surface area contributed by atoms with E-state index in [9.17, 15) is 14.4 Å². The van der Waals surface area contributed by atoms with E-state index in [2.05, 4.69) is 25.6 Å². The maximum atomic E-state index is 12.8. The van der Waals surface area contributed by atoms with Crippen molar-refractivity contribution in [2.75, 3.05) is 19.0 Å². The lowest BCUT2D eigenvalue weighted by Gasteiger charge is -2.37. The molecule has 0 bridgehead atoms. The van der Waals surface area contributed by atoms with Gasteiger partial charge in [0.2, 0.25) is 5.88 Å². The van der Waals surface area contributed by atoms with Crippen molar-refractivity contribution in [3.8, 4) is 11.6 Å². The first kappa shape index (κ1) is 23.2. The smallest absolute Gasteiger partial charge is 0.413 e. The first-order valence-electron chi connectivity index (χ1n) is 12.1. The maximum absolute atomic E-state index is 12.8. The molecular weight excluding hydrogens is 482 g/mol. The Labute approximate surface area is 210 Å². The summed E-state index contributed by atoms with van der Waals surface area (Å²) in [5.41, 5.74) is 0.423. The van der Waals surface area contributed by atoms with Gasteiger partial charge < -0.3 is 24.8 Å². The minimum atomic E-state index is -1.15. The van der Waals surface area contributed by atoms with Crippen LogP contribution in [0.1, 0.15) is 19.3 Å². The van der Waals surface area contributed by atoms with Gasteiger partial charge in [-0.05, 0) is 25.0 Å². The fourth-order valence-electron chi connectivity index (χ4n) is 5.22. The van der Waals surface area contributed by atoms with Gasteiger partial charge in [-0.3, -0.25) is 19.1 Å². The SMILES string of the molecule is COc1ccc2ccc(=O)n(CCN[C@H]3CC[C@H]4[C@@H](C3)OC(=O)N4C3Oc4cncnc4NC3=O)c2n1. The van der Waals surface area contributed by atoms with Crippen LogP contribution in [0.4, 0.5) is 10.6 Å². The molecule has 2 N–H and O–H groups in total. The lowest BCUT2D eigenvalue weighted by atomic mass is 9.88. The third-order valence-electron chi connectivity index (χ3n) is 7.00. The number of methoxy groups -OCH3 is 1. The Hall–Kier alpha value is -4.26. The summed E-state index contributed by atoms with van der Waals surface area (Å²) < 4.78 is 18.3. The summed E-state index contributed by atoms with van der Waals surface area (Å²) >= 11 is 0. The van der Waals surface area contributed by atoms with Crippen LogP contribution in [0.2, 0.25) is 0 Å². The summed E-state index contributed by atoms with van der Waals surface area (Å²) in [5, 5.41) is 6.99. The van der Waals surface area contributed by atoms with Crippen molar-refractivity contribution < 1.29 is 23.8 Å². The van der Waals surface area contributed by atoms with Crippen LogP contribution in [0.15, 0.2) is 41.6 Å². The molecule has 1 aliphatic carbocycles. The third kappa shape index (κ3) is 4.20. The number of amides is 2. The number of anilines is 1. The van der Waals surface area contributed by atoms with Gasteiger partial charge in [0.1, 0.15) is 18.1 Å². The highest BCUT2D eigenvalue weighted by molar-refractivity contribution is 5.98. The van der Waals surface area contributed by atoms with Crippen molar-refractivity contribution in [3.63, 3.8) is 0 Å². The largest absolute Gasteiger partial charge is 0.481 e. The highest BCUT2D eigenvalue weighted by atomic mass is 16.6. The number of rotatable bonds is 6. The predicted octanol–water partition coefficient (Wildman–Crippen LogP) is 0.884. The molecule has 6 rings (SSSR count). The van der Waals surface area contributed by atoms with Gasteiger partial charge >= 0.3 is 6.09 Å². The molecule has 0 spiro atoms. The van der Waals surface area contributed by atoms with Crippen molar-refractivity contribution >= 4 is 28.9 Å². The number of ether oxygens (including phenoxy) is 3. The summed E-state index contributed by atoms with van der Waals surface area (Å²) in [5.74, 6) is 0.536. The second kappa shape index (κ2) is 9.32. The Morgan fingerprint density at radius 2 is 2.03 bits per heavy atom. The Kier molecular flexibility index (Phi) is 5.83. The molecule has 3 aromatic rings. The molecule has 13 heteroatoms. The Bertz CT molecular complexity index is 1430. The van der Waals surface area contributed by atoms with E-state index < -0.39 is 18.2 Å². The van der Waals surface area contributed by atoms with Gasteiger partial charge in [-0.25, -0.2) is 14.8 Å². The van der Waals surface area contributed by atoms with E-state index in [4.69, 9.17) is 14.2 Å². The molecule has 2 amide bonds. The zero-order valence-electron chi connectivity index (χ0n) is 20.0. The van der Waals surface area contributed by atoms with Gasteiger partial charge in [-0.15, -0.1) is 0 Å². The number of carbonyl (C=O) groups excluding carboxylic acids is 2. The first-order chi connectivity index (χ1) is 18.0. The van der Waals surface area contributed by atoms with Crippen molar-refractivity contribution in [2.24, 2.45) is 0 Å². The number of nitrogens with one attached hydrogen (secondary N) is 2. The molecule has 0 aromatic carbocycles. The number of aromatic nitrogens is 4. The van der Waals surface area contributed by atoms with Crippen LogP contribution in [0.25, 0.3) is 11.0 Å². The maximum Gasteiger partial charge on any atom is 0.413 e. The molecule has 192 valence electrons. The lowest BCUT2D eigenvalue weighted by Crippen LogP contribution is -2.56. The molecule has 37 heavy (non-hydrogen) atoms. The molecule has 1 saturated carbocycles. The van der Waals surface area contributed by atoms with E-state index in [0.717, 1.165) is 11.8 Å². The number of hydrogen-bond donors (Lipinski definition) is 2. The van der Waals surface area contributed by atoms with E-state index in [0.29, 0.717) is 43.2 Å². The van der Waals surface area contributed by atoms with E-state index in [1.807, 2.05) is 6.07 Å². The molecule has 3 aliphatic rings. The van der Waals surface area contributed by atoms with Crippen molar-refractivity contribution in [1.82, 2.24) is 29.7 Å². The van der Waals surface area contributed by atoms with E-state index in [1.165, 1.54) is 30.6 Å². The molecule has 5 heterocycles. The van der Waals surface area contributed by atoms with Gasteiger partial charge in [0.05, 0.1) is 19.3 Å². The summed E-state index contributed by atoms with van der Waals surface area (Å²) in [6.07, 6.45) is 2.62. The number of nitrogens with zero attached hydrogens (tertiary/aromatic N) is 5. The van der Waals surface area contributed by atoms with Crippen LogP contribution in [0.5, 0.6) is 11.6 Å². The molecule has 3 aromatic heterocycles. The second-order valence-electron chi connectivity index (χ2n) is 9.15. The number of carbonyl (C=O) groups is 2. The van der Waals surface area contributed by atoms with Crippen LogP contribution >= 0.6 is 0 Å². The lowest BCUT2D eigenvalue weighted by molar-refractivity contribution is -0.131. The van der Waals surface area contributed by atoms with Crippen LogP contribution in [0, 0.1) is 0 Å². The average Bonchev–Trinajstić information content (AvgIpc) is 3.23. The predicted molar refractivity (Wildman–Crippen MR) is 129 cm³/mol. The Morgan fingerprint density at radius 3 is 2.89 bits per heavy atom. The van der Waals surface area contributed by atoms with Crippen molar-refractivity contribution in [3.05, 3.63) is 47.1 Å². The quantitative estimate of drug-likeness (QED) is 0.492. The molecular formula is C24H25N7O6. The zero-order valence-corrected chi connectivity index (χ0v) is 20.0. The van der Waals surface area contributed by atoms with Gasteiger partial charge in [-0.2, -0.15) is 4.98 Å². The summed E-state index contributed by atoms with van der Waals surface area (Å²) in [6.45, 7) is 0.951. The topological polar surface area (TPSA) is 150 Å². The molecule has 1 unspecified atom stereocenters. The highest BCUT2D eigenvalue weighted by Crippen LogP contribution is 2.36. The summed E-state index contributed by atoms with van der Waals surface area (Å²) in [7, 11) is 1.54. The van der Waals surface area contributed by atoms with Gasteiger partial charge in [0, 0.05) is 43.1 Å². The normalized spacial score (nSPS) is 24.6. The Balaban J connectivity index is 1.10. The van der Waals surface area contributed by atoms with Gasteiger partial charge in [0.25, 0.3) is 17.7 Å². The van der Waals surface area contributed by atoms with Crippen molar-refractivity contribution in [2.45, 2.75) is 50.2 Å². The minimum absolute atomic E-state index is 0.0809. The average molecular weight is 508 g/mol. The first-order valence-corrected chi connectivity index (χ1v) is 12.1. The number of hydrogen-bond acceptors (Lipinski definition) is 10. The molecule has 2 fully saturated rings. The number of fused-ring (bicyclic) bond motifs is 3. The molecule has 0 radical (unpaired) electrons. The van der Waals surface area contributed by atoms with Crippen molar-refractivity contribution in [1.29, 1.82) is 0 Å². The van der Waals surface area contributed by atoms with E-state index in [-0.39, 0.29) is 29.6 Å². The fourth-order valence-corrected chi connectivity index (χ4v) is 5.22. The minimum Gasteiger partial charge on any atom is -0.481 e. The Morgan fingerprint density at radius 1 is 1.16 bits per heavy atom. The van der Waals surface area contributed by atoms with Gasteiger partial charge in [0.15, 0.2) is 11.6 Å². The molecule has 4 atom stereocenters.